The number of esters is 1. The molecular weight excluding hydrogens is 391 g/mol. The van der Waals surface area contributed by atoms with Crippen molar-refractivity contribution in [1.29, 1.82) is 0 Å². The molecule has 156 valence electrons. The normalized spacial score (nSPS) is 14.7. The molecule has 3 aromatic rings. The minimum Gasteiger partial charge on any atom is -0.461 e. The topological polar surface area (TPSA) is 83.6 Å². The van der Waals surface area contributed by atoms with Crippen molar-refractivity contribution < 1.29 is 23.6 Å². The highest BCUT2D eigenvalue weighted by atomic mass is 19.1. The number of nitrogens with zero attached hydrogens (tertiary/aromatic N) is 2. The lowest BCUT2D eigenvalue weighted by atomic mass is 9.91. The quantitative estimate of drug-likeness (QED) is 0.343. The maximum absolute atomic E-state index is 14.3. The first-order valence-corrected chi connectivity index (χ1v) is 9.84. The van der Waals surface area contributed by atoms with Gasteiger partial charge in [-0.05, 0) is 61.6 Å². The van der Waals surface area contributed by atoms with E-state index in [0.717, 1.165) is 29.9 Å². The molecule has 1 saturated heterocycles. The van der Waals surface area contributed by atoms with E-state index in [2.05, 4.69) is 0 Å². The summed E-state index contributed by atoms with van der Waals surface area (Å²) >= 11 is 0. The number of ether oxygens (including phenoxy) is 2. The molecule has 2 aromatic carbocycles. The maximum Gasteiger partial charge on any atom is 0.355 e. The van der Waals surface area contributed by atoms with Crippen LogP contribution in [-0.4, -0.2) is 35.3 Å². The predicted octanol–water partition coefficient (Wildman–Crippen LogP) is 4.75. The molecule has 7 nitrogen and oxygen atoms in total. The van der Waals surface area contributed by atoms with Gasteiger partial charge in [0.1, 0.15) is 11.4 Å². The number of rotatable bonds is 5. The van der Waals surface area contributed by atoms with Gasteiger partial charge in [0.05, 0.1) is 17.0 Å². The number of aromatic nitrogens is 1. The average Bonchev–Trinajstić information content (AvgIpc) is 3.13. The van der Waals surface area contributed by atoms with Crippen LogP contribution in [0, 0.1) is 15.9 Å². The Morgan fingerprint density at radius 2 is 2.03 bits per heavy atom. The van der Waals surface area contributed by atoms with Crippen LogP contribution in [0.15, 0.2) is 42.5 Å². The Kier molecular flexibility index (Phi) is 5.50. The zero-order chi connectivity index (χ0) is 21.3. The van der Waals surface area contributed by atoms with Crippen LogP contribution < -0.4 is 0 Å². The number of nitro benzene ring substituents is 1. The molecule has 0 N–H and O–H groups in total. The monoisotopic (exact) mass is 412 g/mol. The van der Waals surface area contributed by atoms with Crippen LogP contribution in [0.1, 0.15) is 41.7 Å². The largest absolute Gasteiger partial charge is 0.461 e. The minimum atomic E-state index is -0.965. The lowest BCUT2D eigenvalue weighted by Gasteiger charge is -2.22. The number of carbonyl (C=O) groups is 1. The number of fused-ring (bicyclic) bond motifs is 1. The van der Waals surface area contributed by atoms with Gasteiger partial charge in [-0.1, -0.05) is 12.1 Å². The highest BCUT2D eigenvalue weighted by Gasteiger charge is 2.27. The van der Waals surface area contributed by atoms with Gasteiger partial charge in [-0.25, -0.2) is 4.79 Å². The third-order valence-corrected chi connectivity index (χ3v) is 5.39. The molecule has 0 aliphatic carbocycles. The van der Waals surface area contributed by atoms with Crippen molar-refractivity contribution in [2.45, 2.75) is 25.7 Å². The van der Waals surface area contributed by atoms with Crippen molar-refractivity contribution in [1.82, 2.24) is 4.57 Å². The van der Waals surface area contributed by atoms with Gasteiger partial charge in [-0.2, -0.15) is 4.39 Å². The second-order valence-corrected chi connectivity index (χ2v) is 7.16. The summed E-state index contributed by atoms with van der Waals surface area (Å²) in [7, 11) is 0. The van der Waals surface area contributed by atoms with E-state index >= 15 is 0 Å². The third-order valence-electron chi connectivity index (χ3n) is 5.39. The number of carbonyl (C=O) groups excluding carboxylic acids is 1. The van der Waals surface area contributed by atoms with Crippen molar-refractivity contribution in [2.75, 3.05) is 19.8 Å². The highest BCUT2D eigenvalue weighted by molar-refractivity contribution is 5.97. The maximum atomic E-state index is 14.3. The predicted molar refractivity (Wildman–Crippen MR) is 109 cm³/mol. The summed E-state index contributed by atoms with van der Waals surface area (Å²) < 4.78 is 26.3. The first-order valence-electron chi connectivity index (χ1n) is 9.84. The van der Waals surface area contributed by atoms with Crippen LogP contribution in [-0.2, 0) is 9.47 Å². The summed E-state index contributed by atoms with van der Waals surface area (Å²) in [5.74, 6) is -1.24. The zero-order valence-corrected chi connectivity index (χ0v) is 16.5. The molecule has 0 spiro atoms. The Bertz CT molecular complexity index is 1120. The van der Waals surface area contributed by atoms with E-state index in [0.29, 0.717) is 24.6 Å². The zero-order valence-electron chi connectivity index (χ0n) is 16.5. The Labute approximate surface area is 172 Å². The van der Waals surface area contributed by atoms with Gasteiger partial charge in [0, 0.05) is 18.6 Å². The fraction of sp³-hybridized carbons (Fsp3) is 0.318. The Morgan fingerprint density at radius 3 is 2.73 bits per heavy atom. The SMILES string of the molecule is CCOC(=O)c1cc2cc(C3CCOCC3)ccc2n1-c1cccc(F)c1[N+](=O)[O-]. The molecule has 0 unspecified atom stereocenters. The van der Waals surface area contributed by atoms with E-state index in [-0.39, 0.29) is 18.0 Å². The number of hydrogen-bond acceptors (Lipinski definition) is 5. The molecule has 8 heteroatoms. The third kappa shape index (κ3) is 3.54. The summed E-state index contributed by atoms with van der Waals surface area (Å²) in [4.78, 5) is 23.4. The molecule has 0 saturated carbocycles. The summed E-state index contributed by atoms with van der Waals surface area (Å²) in [5, 5.41) is 12.3. The molecule has 0 amide bonds. The first-order chi connectivity index (χ1) is 14.5. The van der Waals surface area contributed by atoms with Crippen LogP contribution in [0.4, 0.5) is 10.1 Å². The average molecular weight is 412 g/mol. The molecule has 4 rings (SSSR count). The molecule has 0 atom stereocenters. The second kappa shape index (κ2) is 8.23. The van der Waals surface area contributed by atoms with Crippen LogP contribution in [0.5, 0.6) is 0 Å². The first kappa shape index (κ1) is 20.0. The van der Waals surface area contributed by atoms with Gasteiger partial charge in [0.15, 0.2) is 0 Å². The summed E-state index contributed by atoms with van der Waals surface area (Å²) in [5.41, 5.74) is 1.10. The molecule has 2 heterocycles. The van der Waals surface area contributed by atoms with Gasteiger partial charge in [-0.3, -0.25) is 14.7 Å². The Morgan fingerprint density at radius 1 is 1.27 bits per heavy atom. The van der Waals surface area contributed by atoms with Crippen molar-refractivity contribution in [3.05, 3.63) is 69.7 Å². The molecular formula is C22H21FN2O5. The van der Waals surface area contributed by atoms with Crippen molar-refractivity contribution >= 4 is 22.6 Å². The minimum absolute atomic E-state index is 0.0168. The highest BCUT2D eigenvalue weighted by Crippen LogP contribution is 2.35. The number of hydrogen-bond donors (Lipinski definition) is 0. The van der Waals surface area contributed by atoms with E-state index in [4.69, 9.17) is 9.47 Å². The van der Waals surface area contributed by atoms with E-state index in [1.807, 2.05) is 18.2 Å². The van der Waals surface area contributed by atoms with E-state index < -0.39 is 22.4 Å². The van der Waals surface area contributed by atoms with Crippen LogP contribution in [0.2, 0.25) is 0 Å². The van der Waals surface area contributed by atoms with Crippen LogP contribution in [0.3, 0.4) is 0 Å². The lowest BCUT2D eigenvalue weighted by Crippen LogP contribution is -2.14. The smallest absolute Gasteiger partial charge is 0.355 e. The number of para-hydroxylation sites is 1. The molecule has 1 aliphatic rings. The van der Waals surface area contributed by atoms with E-state index in [9.17, 15) is 19.3 Å². The summed E-state index contributed by atoms with van der Waals surface area (Å²) in [6.07, 6.45) is 1.82. The fourth-order valence-electron chi connectivity index (χ4n) is 4.00. The van der Waals surface area contributed by atoms with E-state index in [1.54, 1.807) is 13.0 Å². The van der Waals surface area contributed by atoms with Crippen molar-refractivity contribution in [2.24, 2.45) is 0 Å². The standard InChI is InChI=1S/C22H21FN2O5/c1-2-30-22(26)20-13-16-12-15(14-8-10-29-11-9-14)6-7-18(16)24(20)19-5-3-4-17(23)21(19)25(27)28/h3-7,12-14H,2,8-11H2,1H3. The summed E-state index contributed by atoms with van der Waals surface area (Å²) in [6, 6.07) is 11.2. The molecule has 1 aliphatic heterocycles. The molecule has 1 fully saturated rings. The number of nitro groups is 1. The molecule has 0 bridgehead atoms. The van der Waals surface area contributed by atoms with Gasteiger partial charge < -0.3 is 9.47 Å². The van der Waals surface area contributed by atoms with Crippen LogP contribution >= 0.6 is 0 Å². The van der Waals surface area contributed by atoms with Crippen molar-refractivity contribution in [3.63, 3.8) is 0 Å². The van der Waals surface area contributed by atoms with Crippen molar-refractivity contribution in [3.8, 4) is 5.69 Å². The molecule has 1 aromatic heterocycles. The lowest BCUT2D eigenvalue weighted by molar-refractivity contribution is -0.387. The van der Waals surface area contributed by atoms with Gasteiger partial charge in [-0.15, -0.1) is 0 Å². The van der Waals surface area contributed by atoms with Gasteiger partial charge in [0.25, 0.3) is 0 Å². The second-order valence-electron chi connectivity index (χ2n) is 7.16. The van der Waals surface area contributed by atoms with E-state index in [1.165, 1.54) is 16.7 Å². The van der Waals surface area contributed by atoms with Crippen LogP contribution in [0.25, 0.3) is 16.6 Å². The molecule has 0 radical (unpaired) electrons. The number of benzene rings is 2. The fourth-order valence-corrected chi connectivity index (χ4v) is 4.00. The number of halogens is 1. The Hall–Kier alpha value is -3.26. The molecule has 30 heavy (non-hydrogen) atoms. The Balaban J connectivity index is 1.93. The summed E-state index contributed by atoms with van der Waals surface area (Å²) in [6.45, 7) is 3.23. The van der Waals surface area contributed by atoms with Gasteiger partial charge in [0.2, 0.25) is 5.82 Å². The van der Waals surface area contributed by atoms with Gasteiger partial charge >= 0.3 is 11.7 Å².